The summed E-state index contributed by atoms with van der Waals surface area (Å²) in [5.41, 5.74) is 1.63. The third-order valence-corrected chi connectivity index (χ3v) is 2.68. The number of anilines is 1. The summed E-state index contributed by atoms with van der Waals surface area (Å²) in [5, 5.41) is 28.7. The highest BCUT2D eigenvalue weighted by atomic mass is 35.5. The van der Waals surface area contributed by atoms with Crippen LogP contribution in [0, 0.1) is 11.3 Å². The number of nitriles is 1. The van der Waals surface area contributed by atoms with E-state index in [-0.39, 0.29) is 6.54 Å². The molecule has 2 N–H and O–H groups in total. The van der Waals surface area contributed by atoms with Crippen molar-refractivity contribution in [1.82, 2.24) is 15.0 Å². The Kier molecular flexibility index (Phi) is 4.17. The van der Waals surface area contributed by atoms with Gasteiger partial charge in [-0.15, -0.1) is 5.10 Å². The Bertz CT molecular complexity index is 677. The van der Waals surface area contributed by atoms with Crippen LogP contribution in [0.1, 0.15) is 11.3 Å². The van der Waals surface area contributed by atoms with Gasteiger partial charge < -0.3 is 10.4 Å². The third kappa shape index (κ3) is 3.46. The van der Waals surface area contributed by atoms with Crippen molar-refractivity contribution >= 4 is 23.3 Å². The molecule has 0 amide bonds. The van der Waals surface area contributed by atoms with E-state index in [9.17, 15) is 4.79 Å². The predicted octanol–water partition coefficient (Wildman–Crippen LogP) is 1.50. The number of hydrogen-bond donors (Lipinski definition) is 2. The number of nitrogens with one attached hydrogen (secondary N) is 1. The van der Waals surface area contributed by atoms with Crippen molar-refractivity contribution < 1.29 is 9.90 Å². The molecule has 0 bridgehead atoms. The summed E-state index contributed by atoms with van der Waals surface area (Å²) in [6.07, 6.45) is 1.53. The van der Waals surface area contributed by atoms with E-state index < -0.39 is 5.97 Å². The van der Waals surface area contributed by atoms with E-state index in [1.54, 1.807) is 18.2 Å². The fourth-order valence-corrected chi connectivity index (χ4v) is 1.76. The fraction of sp³-hybridized carbons (Fsp3) is 0.167. The molecule has 1 aromatic carbocycles. The zero-order valence-corrected chi connectivity index (χ0v) is 11.0. The first-order chi connectivity index (χ1) is 9.58. The molecule has 0 radical (unpaired) electrons. The van der Waals surface area contributed by atoms with Gasteiger partial charge in [0.15, 0.2) is 0 Å². The topological polar surface area (TPSA) is 104 Å². The molecule has 0 saturated carbocycles. The second kappa shape index (κ2) is 6.04. The molecule has 7 nitrogen and oxygen atoms in total. The monoisotopic (exact) mass is 291 g/mol. The van der Waals surface area contributed by atoms with E-state index in [0.717, 1.165) is 0 Å². The molecule has 20 heavy (non-hydrogen) atoms. The Labute approximate surface area is 119 Å². The second-order valence-electron chi connectivity index (χ2n) is 3.96. The summed E-state index contributed by atoms with van der Waals surface area (Å²) >= 11 is 5.80. The molecule has 0 saturated heterocycles. The smallest absolute Gasteiger partial charge is 0.325 e. The maximum atomic E-state index is 10.5. The maximum absolute atomic E-state index is 10.5. The largest absolute Gasteiger partial charge is 0.480 e. The molecular weight excluding hydrogens is 282 g/mol. The number of carboxylic acids is 1. The van der Waals surface area contributed by atoms with E-state index in [1.807, 2.05) is 6.07 Å². The first-order valence-corrected chi connectivity index (χ1v) is 6.00. The summed E-state index contributed by atoms with van der Waals surface area (Å²) in [7, 11) is 0. The Morgan fingerprint density at radius 3 is 3.05 bits per heavy atom. The van der Waals surface area contributed by atoms with Crippen LogP contribution in [0.5, 0.6) is 0 Å². The van der Waals surface area contributed by atoms with Crippen LogP contribution in [-0.2, 0) is 17.9 Å². The molecule has 0 atom stereocenters. The van der Waals surface area contributed by atoms with Crippen LogP contribution in [0.15, 0.2) is 24.4 Å². The van der Waals surface area contributed by atoms with Gasteiger partial charge in [0.1, 0.15) is 18.3 Å². The number of rotatable bonds is 5. The van der Waals surface area contributed by atoms with E-state index >= 15 is 0 Å². The molecule has 2 rings (SSSR count). The minimum atomic E-state index is -0.987. The molecule has 0 fully saturated rings. The maximum Gasteiger partial charge on any atom is 0.325 e. The zero-order valence-electron chi connectivity index (χ0n) is 10.2. The number of halogens is 1. The minimum absolute atomic E-state index is 0.239. The average molecular weight is 292 g/mol. The van der Waals surface area contributed by atoms with Gasteiger partial charge in [-0.05, 0) is 18.2 Å². The van der Waals surface area contributed by atoms with E-state index in [1.165, 1.54) is 10.9 Å². The number of nitrogens with zero attached hydrogens (tertiary/aromatic N) is 4. The van der Waals surface area contributed by atoms with Crippen LogP contribution in [0.25, 0.3) is 0 Å². The predicted molar refractivity (Wildman–Crippen MR) is 71.2 cm³/mol. The number of benzene rings is 1. The van der Waals surface area contributed by atoms with E-state index in [0.29, 0.717) is 28.5 Å². The van der Waals surface area contributed by atoms with Gasteiger partial charge in [-0.1, -0.05) is 16.8 Å². The van der Waals surface area contributed by atoms with Crippen molar-refractivity contribution in [3.8, 4) is 6.07 Å². The summed E-state index contributed by atoms with van der Waals surface area (Å²) in [4.78, 5) is 10.5. The minimum Gasteiger partial charge on any atom is -0.480 e. The lowest BCUT2D eigenvalue weighted by Gasteiger charge is -2.06. The second-order valence-corrected chi connectivity index (χ2v) is 4.39. The first kappa shape index (κ1) is 13.8. The van der Waals surface area contributed by atoms with Gasteiger partial charge in [0.25, 0.3) is 0 Å². The fourth-order valence-electron chi connectivity index (χ4n) is 1.58. The van der Waals surface area contributed by atoms with Gasteiger partial charge >= 0.3 is 5.97 Å². The van der Waals surface area contributed by atoms with E-state index in [2.05, 4.69) is 15.6 Å². The Morgan fingerprint density at radius 2 is 2.35 bits per heavy atom. The van der Waals surface area contributed by atoms with Crippen molar-refractivity contribution in [1.29, 1.82) is 5.26 Å². The van der Waals surface area contributed by atoms with Gasteiger partial charge in [0, 0.05) is 5.02 Å². The van der Waals surface area contributed by atoms with E-state index in [4.69, 9.17) is 22.0 Å². The molecule has 102 valence electrons. The van der Waals surface area contributed by atoms with Gasteiger partial charge in [0.05, 0.1) is 24.0 Å². The van der Waals surface area contributed by atoms with Crippen LogP contribution in [0.2, 0.25) is 5.02 Å². The van der Waals surface area contributed by atoms with Gasteiger partial charge in [0.2, 0.25) is 0 Å². The standard InChI is InChI=1S/C12H10ClN5O2/c13-9-1-2-11(8(3-9)4-14)15-5-10-6-18(17-16-10)7-12(19)20/h1-3,6,15H,5,7H2,(H,19,20). The van der Waals surface area contributed by atoms with Gasteiger partial charge in [-0.3, -0.25) is 4.79 Å². The van der Waals surface area contributed by atoms with Crippen LogP contribution in [-0.4, -0.2) is 26.1 Å². The quantitative estimate of drug-likeness (QED) is 0.865. The highest BCUT2D eigenvalue weighted by molar-refractivity contribution is 6.30. The van der Waals surface area contributed by atoms with Gasteiger partial charge in [-0.25, -0.2) is 4.68 Å². The molecule has 1 aromatic heterocycles. The molecule has 8 heteroatoms. The molecule has 0 aliphatic carbocycles. The summed E-state index contributed by atoms with van der Waals surface area (Å²) in [6, 6.07) is 6.97. The lowest BCUT2D eigenvalue weighted by atomic mass is 10.2. The molecular formula is C12H10ClN5O2. The third-order valence-electron chi connectivity index (χ3n) is 2.45. The highest BCUT2D eigenvalue weighted by Gasteiger charge is 2.06. The highest BCUT2D eigenvalue weighted by Crippen LogP contribution is 2.20. The van der Waals surface area contributed by atoms with Crippen molar-refractivity contribution in [2.75, 3.05) is 5.32 Å². The molecule has 0 unspecified atom stereocenters. The number of aromatic nitrogens is 3. The number of hydrogen-bond acceptors (Lipinski definition) is 5. The zero-order chi connectivity index (χ0) is 14.5. The summed E-state index contributed by atoms with van der Waals surface area (Å²) in [6.45, 7) is 0.0906. The van der Waals surface area contributed by atoms with Crippen molar-refractivity contribution in [3.05, 3.63) is 40.7 Å². The Balaban J connectivity index is 2.04. The van der Waals surface area contributed by atoms with Crippen LogP contribution >= 0.6 is 11.6 Å². The summed E-state index contributed by atoms with van der Waals surface area (Å²) < 4.78 is 1.23. The van der Waals surface area contributed by atoms with Gasteiger partial charge in [-0.2, -0.15) is 5.26 Å². The van der Waals surface area contributed by atoms with Crippen LogP contribution < -0.4 is 5.32 Å². The van der Waals surface area contributed by atoms with Crippen molar-refractivity contribution in [2.24, 2.45) is 0 Å². The molecule has 0 aliphatic heterocycles. The molecule has 2 aromatic rings. The molecule has 0 aliphatic rings. The number of aliphatic carboxylic acids is 1. The Hall–Kier alpha value is -2.59. The van der Waals surface area contributed by atoms with Crippen LogP contribution in [0.3, 0.4) is 0 Å². The Morgan fingerprint density at radius 1 is 1.55 bits per heavy atom. The van der Waals surface area contributed by atoms with Crippen molar-refractivity contribution in [3.63, 3.8) is 0 Å². The normalized spacial score (nSPS) is 10.0. The molecule has 0 spiro atoms. The lowest BCUT2D eigenvalue weighted by molar-refractivity contribution is -0.137. The lowest BCUT2D eigenvalue weighted by Crippen LogP contribution is -2.09. The first-order valence-electron chi connectivity index (χ1n) is 5.63. The number of carbonyl (C=O) groups is 1. The SMILES string of the molecule is N#Cc1cc(Cl)ccc1NCc1cn(CC(=O)O)nn1. The van der Waals surface area contributed by atoms with Crippen molar-refractivity contribution in [2.45, 2.75) is 13.1 Å². The van der Waals surface area contributed by atoms with Crippen LogP contribution in [0.4, 0.5) is 5.69 Å². The number of carboxylic acid groups (broad SMARTS) is 1. The summed E-state index contributed by atoms with van der Waals surface area (Å²) in [5.74, 6) is -0.987. The molecule has 1 heterocycles. The average Bonchev–Trinajstić information content (AvgIpc) is 2.84.